The van der Waals surface area contributed by atoms with E-state index in [-0.39, 0.29) is 18.3 Å². The number of dihydropyridines is 1. The van der Waals surface area contributed by atoms with Crippen LogP contribution in [0.4, 0.5) is 4.39 Å². The molecule has 3 rings (SSSR count). The SMILES string of the molecule is C=C/C(O/C=N/C=C\C1=CC(=O)N(CC2=CC=C(C3=CC=NC(C)C3)CC=C2)C1)=C(F)\C=C/CCO. The van der Waals surface area contributed by atoms with Crippen molar-refractivity contribution in [2.45, 2.75) is 32.2 Å². The number of carbonyl (C=O) groups is 1. The van der Waals surface area contributed by atoms with Crippen molar-refractivity contribution in [2.24, 2.45) is 9.98 Å². The van der Waals surface area contributed by atoms with Gasteiger partial charge in [0.25, 0.3) is 0 Å². The third-order valence-corrected chi connectivity index (χ3v) is 5.68. The fourth-order valence-corrected chi connectivity index (χ4v) is 3.82. The van der Waals surface area contributed by atoms with Crippen molar-refractivity contribution in [3.8, 4) is 0 Å². The summed E-state index contributed by atoms with van der Waals surface area (Å²) in [6.07, 6.45) is 24.4. The molecule has 188 valence electrons. The number of aliphatic hydroxyl groups excluding tert-OH is 1. The summed E-state index contributed by atoms with van der Waals surface area (Å²) in [4.78, 5) is 22.6. The summed E-state index contributed by atoms with van der Waals surface area (Å²) in [5.74, 6) is -0.741. The predicted molar refractivity (Wildman–Crippen MR) is 143 cm³/mol. The van der Waals surface area contributed by atoms with Crippen LogP contribution >= 0.6 is 0 Å². The Bertz CT molecular complexity index is 1150. The van der Waals surface area contributed by atoms with Crippen LogP contribution in [-0.2, 0) is 9.53 Å². The molecule has 0 bridgehead atoms. The van der Waals surface area contributed by atoms with Gasteiger partial charge in [-0.1, -0.05) is 37.0 Å². The molecule has 2 heterocycles. The average Bonchev–Trinajstić information content (AvgIpc) is 3.05. The van der Waals surface area contributed by atoms with Gasteiger partial charge in [0.05, 0.1) is 6.04 Å². The molecule has 0 aromatic carbocycles. The number of halogens is 1. The van der Waals surface area contributed by atoms with Crippen LogP contribution in [-0.4, -0.2) is 54.3 Å². The fourth-order valence-electron chi connectivity index (χ4n) is 3.82. The number of hydrogen-bond acceptors (Lipinski definition) is 5. The Balaban J connectivity index is 1.52. The van der Waals surface area contributed by atoms with Crippen molar-refractivity contribution in [3.63, 3.8) is 0 Å². The van der Waals surface area contributed by atoms with Crippen LogP contribution < -0.4 is 0 Å². The minimum absolute atomic E-state index is 0.0498. The Morgan fingerprint density at radius 2 is 2.22 bits per heavy atom. The molecular weight excluding hydrogens is 457 g/mol. The number of allylic oxidation sites excluding steroid dienone is 8. The molecule has 1 amide bonds. The molecule has 1 aliphatic carbocycles. The maximum Gasteiger partial charge on any atom is 0.247 e. The molecule has 6 nitrogen and oxygen atoms in total. The number of nitrogens with zero attached hydrogens (tertiary/aromatic N) is 3. The lowest BCUT2D eigenvalue weighted by Crippen LogP contribution is -2.27. The van der Waals surface area contributed by atoms with Crippen molar-refractivity contribution in [1.29, 1.82) is 0 Å². The molecule has 1 N–H and O–H groups in total. The van der Waals surface area contributed by atoms with E-state index in [4.69, 9.17) is 9.84 Å². The van der Waals surface area contributed by atoms with E-state index < -0.39 is 5.83 Å². The lowest BCUT2D eigenvalue weighted by Gasteiger charge is -2.16. The number of rotatable bonds is 11. The molecule has 0 fully saturated rings. The second-order valence-electron chi connectivity index (χ2n) is 8.52. The molecule has 3 aliphatic rings. The van der Waals surface area contributed by atoms with Gasteiger partial charge < -0.3 is 14.7 Å². The molecular formula is C29H32FN3O3. The Hall–Kier alpha value is -3.84. The van der Waals surface area contributed by atoms with Gasteiger partial charge in [-0.05, 0) is 72.8 Å². The number of hydrogen-bond donors (Lipinski definition) is 1. The van der Waals surface area contributed by atoms with Crippen LogP contribution in [0.1, 0.15) is 26.2 Å². The van der Waals surface area contributed by atoms with E-state index in [2.05, 4.69) is 53.9 Å². The van der Waals surface area contributed by atoms with Gasteiger partial charge in [0.1, 0.15) is 0 Å². The molecule has 0 spiro atoms. The molecule has 7 heteroatoms. The van der Waals surface area contributed by atoms with Gasteiger partial charge in [0.2, 0.25) is 5.91 Å². The third kappa shape index (κ3) is 8.13. The molecule has 0 radical (unpaired) electrons. The van der Waals surface area contributed by atoms with E-state index in [0.29, 0.717) is 25.6 Å². The number of aliphatic imine (C=N–C) groups is 2. The molecule has 1 unspecified atom stereocenters. The average molecular weight is 490 g/mol. The minimum Gasteiger partial charge on any atom is -0.443 e. The first-order valence-corrected chi connectivity index (χ1v) is 11.9. The van der Waals surface area contributed by atoms with Gasteiger partial charge in [-0.2, -0.15) is 0 Å². The van der Waals surface area contributed by atoms with Crippen LogP contribution in [0.5, 0.6) is 0 Å². The van der Waals surface area contributed by atoms with Gasteiger partial charge in [0, 0.05) is 38.2 Å². The summed E-state index contributed by atoms with van der Waals surface area (Å²) >= 11 is 0. The normalized spacial score (nSPS) is 21.0. The van der Waals surface area contributed by atoms with Crippen LogP contribution in [0.25, 0.3) is 0 Å². The van der Waals surface area contributed by atoms with Crippen molar-refractivity contribution < 1.29 is 19.0 Å². The maximum absolute atomic E-state index is 13.9. The molecule has 2 aliphatic heterocycles. The Kier molecular flexibility index (Phi) is 10.3. The Labute approximate surface area is 212 Å². The Morgan fingerprint density at radius 3 is 3.00 bits per heavy atom. The summed E-state index contributed by atoms with van der Waals surface area (Å²) in [6, 6.07) is 0.304. The standard InChI is InChI=1S/C29H32FN3O3/c1-3-28(27(30)9-4-5-16-34)36-21-31-14-12-24-18-29(35)33(20-24)19-23-7-6-8-25(11-10-23)26-13-15-32-22(2)17-26/h3-4,6-7,9-15,18,21-22,34H,1,5,8,16-17,19-20H2,2H3/b9-4-,14-12-,28-27-,31-21+. The molecule has 0 aromatic heterocycles. The highest BCUT2D eigenvalue weighted by molar-refractivity contribution is 5.92. The summed E-state index contributed by atoms with van der Waals surface area (Å²) in [5.41, 5.74) is 4.49. The minimum atomic E-state index is -0.615. The second-order valence-corrected chi connectivity index (χ2v) is 8.52. The first-order valence-electron chi connectivity index (χ1n) is 11.9. The summed E-state index contributed by atoms with van der Waals surface area (Å²) in [7, 11) is 0. The highest BCUT2D eigenvalue weighted by Crippen LogP contribution is 2.26. The number of ether oxygens (including phenoxy) is 1. The van der Waals surface area contributed by atoms with Crippen molar-refractivity contribution >= 4 is 18.5 Å². The second kappa shape index (κ2) is 13.9. The van der Waals surface area contributed by atoms with Crippen LogP contribution in [0.3, 0.4) is 0 Å². The quantitative estimate of drug-likeness (QED) is 0.187. The zero-order valence-corrected chi connectivity index (χ0v) is 20.5. The van der Waals surface area contributed by atoms with E-state index in [9.17, 15) is 9.18 Å². The molecule has 1 atom stereocenters. The summed E-state index contributed by atoms with van der Waals surface area (Å²) in [6.45, 7) is 6.57. The van der Waals surface area contributed by atoms with Crippen molar-refractivity contribution in [1.82, 2.24) is 4.90 Å². The first kappa shape index (κ1) is 26.8. The molecule has 36 heavy (non-hydrogen) atoms. The zero-order valence-electron chi connectivity index (χ0n) is 20.5. The van der Waals surface area contributed by atoms with Gasteiger partial charge in [0.15, 0.2) is 18.0 Å². The van der Waals surface area contributed by atoms with Gasteiger partial charge in [-0.15, -0.1) is 0 Å². The lowest BCUT2D eigenvalue weighted by molar-refractivity contribution is -0.124. The largest absolute Gasteiger partial charge is 0.443 e. The van der Waals surface area contributed by atoms with Crippen LogP contribution in [0, 0.1) is 0 Å². The smallest absolute Gasteiger partial charge is 0.247 e. The Morgan fingerprint density at radius 1 is 1.36 bits per heavy atom. The molecule has 0 saturated carbocycles. The highest BCUT2D eigenvalue weighted by Gasteiger charge is 2.20. The van der Waals surface area contributed by atoms with Crippen LogP contribution in [0.15, 0.2) is 117 Å². The number of aliphatic hydroxyl groups is 1. The van der Waals surface area contributed by atoms with Crippen molar-refractivity contribution in [3.05, 3.63) is 107 Å². The van der Waals surface area contributed by atoms with Crippen molar-refractivity contribution in [2.75, 3.05) is 19.7 Å². The number of carbonyl (C=O) groups excluding carboxylic acids is 1. The first-order chi connectivity index (χ1) is 17.5. The molecule has 0 aromatic rings. The summed E-state index contributed by atoms with van der Waals surface area (Å²) < 4.78 is 19.1. The monoisotopic (exact) mass is 489 g/mol. The van der Waals surface area contributed by atoms with Crippen LogP contribution in [0.2, 0.25) is 0 Å². The van der Waals surface area contributed by atoms with E-state index in [1.165, 1.54) is 35.6 Å². The lowest BCUT2D eigenvalue weighted by atomic mass is 9.95. The zero-order chi connectivity index (χ0) is 25.8. The third-order valence-electron chi connectivity index (χ3n) is 5.68. The summed E-state index contributed by atoms with van der Waals surface area (Å²) in [5, 5.41) is 8.74. The highest BCUT2D eigenvalue weighted by atomic mass is 19.1. The topological polar surface area (TPSA) is 74.5 Å². The van der Waals surface area contributed by atoms with Gasteiger partial charge in [-0.3, -0.25) is 9.79 Å². The van der Waals surface area contributed by atoms with E-state index >= 15 is 0 Å². The van der Waals surface area contributed by atoms with E-state index in [1.54, 1.807) is 17.1 Å². The number of amides is 1. The van der Waals surface area contributed by atoms with Gasteiger partial charge in [-0.25, -0.2) is 9.38 Å². The fraction of sp³-hybridized carbons (Fsp3) is 0.276. The molecule has 0 saturated heterocycles. The maximum atomic E-state index is 13.9. The van der Waals surface area contributed by atoms with E-state index in [1.807, 2.05) is 6.21 Å². The predicted octanol–water partition coefficient (Wildman–Crippen LogP) is 5.22. The van der Waals surface area contributed by atoms with E-state index in [0.717, 1.165) is 30.4 Å². The van der Waals surface area contributed by atoms with Gasteiger partial charge >= 0.3 is 0 Å².